The summed E-state index contributed by atoms with van der Waals surface area (Å²) in [4.78, 5) is 0. The third kappa shape index (κ3) is 4.08. The molecule has 4 heteroatoms. The molecule has 0 aliphatic heterocycles. The fourth-order valence-electron chi connectivity index (χ4n) is 4.84. The van der Waals surface area contributed by atoms with E-state index in [0.29, 0.717) is 11.8 Å². The first-order valence-electron chi connectivity index (χ1n) is 10.5. The van der Waals surface area contributed by atoms with Crippen LogP contribution >= 0.6 is 17.0 Å². The van der Waals surface area contributed by atoms with E-state index < -0.39 is 21.5 Å². The van der Waals surface area contributed by atoms with Gasteiger partial charge >= 0.3 is 180 Å². The zero-order valence-corrected chi connectivity index (χ0v) is 21.9. The van der Waals surface area contributed by atoms with Gasteiger partial charge in [-0.1, -0.05) is 0 Å². The molecule has 0 fully saturated rings. The Labute approximate surface area is 178 Å². The molecule has 0 nitrogen and oxygen atoms in total. The van der Waals surface area contributed by atoms with E-state index in [9.17, 15) is 0 Å². The normalized spacial score (nSPS) is 21.5. The summed E-state index contributed by atoms with van der Waals surface area (Å²) < 4.78 is 2.10. The van der Waals surface area contributed by atoms with Crippen LogP contribution in [0, 0.1) is 0 Å². The molecule has 0 bridgehead atoms. The van der Waals surface area contributed by atoms with Crippen molar-refractivity contribution in [2.75, 3.05) is 0 Å². The van der Waals surface area contributed by atoms with Gasteiger partial charge in [-0.2, -0.15) is 0 Å². The van der Waals surface area contributed by atoms with Gasteiger partial charge in [-0.25, -0.2) is 0 Å². The molecule has 0 heterocycles. The van der Waals surface area contributed by atoms with Crippen LogP contribution < -0.4 is 0 Å². The van der Waals surface area contributed by atoms with Crippen LogP contribution in [0.5, 0.6) is 0 Å². The Morgan fingerprint density at radius 1 is 0.821 bits per heavy atom. The Morgan fingerprint density at radius 2 is 1.36 bits per heavy atom. The second-order valence-corrected chi connectivity index (χ2v) is 54.1. The average molecular weight is 508 g/mol. The summed E-state index contributed by atoms with van der Waals surface area (Å²) in [5.41, 5.74) is 5.61. The maximum atomic E-state index is 7.55. The van der Waals surface area contributed by atoms with E-state index in [-0.39, 0.29) is 0 Å². The SMILES string of the molecule is C[SiH](C)[Zr]([Cl])([Cl])([CH2]CCC1C=Cc2ccccc21)[CH2]C1C=Cc2ccccc21. The first-order valence-corrected chi connectivity index (χ1v) is 27.4. The van der Waals surface area contributed by atoms with Crippen molar-refractivity contribution in [3.63, 3.8) is 0 Å². The van der Waals surface area contributed by atoms with Gasteiger partial charge in [0.1, 0.15) is 0 Å². The van der Waals surface area contributed by atoms with E-state index in [1.54, 1.807) is 0 Å². The summed E-state index contributed by atoms with van der Waals surface area (Å²) >= 11 is -3.74. The van der Waals surface area contributed by atoms with E-state index >= 15 is 0 Å². The first kappa shape index (κ1) is 20.9. The number of hydrogen-bond donors (Lipinski definition) is 0. The molecule has 2 aliphatic rings. The second-order valence-electron chi connectivity index (χ2n) is 8.92. The Kier molecular flexibility index (Phi) is 5.98. The summed E-state index contributed by atoms with van der Waals surface area (Å²) in [6.45, 7) is 4.78. The van der Waals surface area contributed by atoms with Crippen molar-refractivity contribution in [3.05, 3.63) is 82.9 Å². The van der Waals surface area contributed by atoms with Gasteiger partial charge in [0.05, 0.1) is 0 Å². The van der Waals surface area contributed by atoms with Gasteiger partial charge in [0.15, 0.2) is 0 Å². The standard InChI is InChI=1S/C12H13.C10H9.C2H7Si.2ClH.Zr/c1-2-5-10-8-9-11-6-3-4-7-12(10)11;1-8-6-7-9-4-2-3-5-10(8)9;1-3-2;;;/h3-4,6-10H,1-2,5H2;2-8H,1H2;3H,1-2H3;2*1H;/q;;;;;+2/p-2. The molecule has 147 valence electrons. The van der Waals surface area contributed by atoms with Crippen molar-refractivity contribution < 1.29 is 15.6 Å². The van der Waals surface area contributed by atoms with Gasteiger partial charge < -0.3 is 0 Å². The molecule has 4 rings (SSSR count). The van der Waals surface area contributed by atoms with Crippen molar-refractivity contribution in [3.8, 4) is 0 Å². The van der Waals surface area contributed by atoms with Crippen LogP contribution in [-0.4, -0.2) is 5.92 Å². The van der Waals surface area contributed by atoms with Gasteiger partial charge in [0.2, 0.25) is 0 Å². The van der Waals surface area contributed by atoms with Crippen LogP contribution in [-0.2, 0) is 15.6 Å². The summed E-state index contributed by atoms with van der Waals surface area (Å²) in [6.07, 6.45) is 11.5. The number of allylic oxidation sites excluding steroid dienone is 2. The molecule has 28 heavy (non-hydrogen) atoms. The molecule has 2 unspecified atom stereocenters. The summed E-state index contributed by atoms with van der Waals surface area (Å²) in [5.74, 6) is -0.182. The zero-order valence-electron chi connectivity index (χ0n) is 16.7. The predicted octanol–water partition coefficient (Wildman–Crippen LogP) is 8.21. The average Bonchev–Trinajstić information content (AvgIpc) is 3.26. The molecule has 0 aromatic heterocycles. The van der Waals surface area contributed by atoms with Gasteiger partial charge in [-0.15, -0.1) is 0 Å². The van der Waals surface area contributed by atoms with E-state index in [1.807, 2.05) is 0 Å². The Balaban J connectivity index is 1.46. The molecular weight excluding hydrogens is 478 g/mol. The quantitative estimate of drug-likeness (QED) is 0.331. The minimum atomic E-state index is -3.74. The van der Waals surface area contributed by atoms with Crippen LogP contribution in [0.1, 0.15) is 46.9 Å². The van der Waals surface area contributed by atoms with Crippen molar-refractivity contribution in [2.45, 2.75) is 46.0 Å². The van der Waals surface area contributed by atoms with Crippen LogP contribution in [0.3, 0.4) is 0 Å². The number of halogens is 2. The zero-order chi connectivity index (χ0) is 19.8. The molecule has 0 saturated heterocycles. The van der Waals surface area contributed by atoms with E-state index in [1.165, 1.54) is 22.3 Å². The molecule has 2 aromatic carbocycles. The van der Waals surface area contributed by atoms with Crippen LogP contribution in [0.25, 0.3) is 12.2 Å². The van der Waals surface area contributed by atoms with Crippen LogP contribution in [0.2, 0.25) is 21.4 Å². The first-order chi connectivity index (χ1) is 13.4. The molecule has 0 saturated carbocycles. The summed E-state index contributed by atoms with van der Waals surface area (Å²) in [6, 6.07) is 17.5. The summed E-state index contributed by atoms with van der Waals surface area (Å²) in [7, 11) is 15.1. The van der Waals surface area contributed by atoms with Crippen LogP contribution in [0.15, 0.2) is 60.7 Å². The molecule has 2 atom stereocenters. The number of fused-ring (bicyclic) bond motifs is 2. The fourth-order valence-corrected chi connectivity index (χ4v) is 25.7. The Bertz CT molecular complexity index is 932. The summed E-state index contributed by atoms with van der Waals surface area (Å²) in [5, 5.41) is 0. The molecule has 0 N–H and O–H groups in total. The predicted molar refractivity (Wildman–Crippen MR) is 126 cm³/mol. The van der Waals surface area contributed by atoms with E-state index in [0.717, 1.165) is 21.1 Å². The van der Waals surface area contributed by atoms with Crippen molar-refractivity contribution in [2.24, 2.45) is 0 Å². The number of benzene rings is 2. The topological polar surface area (TPSA) is 0 Å². The third-order valence-corrected chi connectivity index (χ3v) is 57.0. The molecule has 0 radical (unpaired) electrons. The van der Waals surface area contributed by atoms with Gasteiger partial charge in [0, 0.05) is 0 Å². The van der Waals surface area contributed by atoms with Crippen molar-refractivity contribution in [1.82, 2.24) is 0 Å². The molecule has 0 amide bonds. The second kappa shape index (κ2) is 8.03. The Hall–Kier alpha value is -0.400. The molecular formula is C24H29Cl2SiZr. The van der Waals surface area contributed by atoms with E-state index in [2.05, 4.69) is 85.9 Å². The van der Waals surface area contributed by atoms with Crippen molar-refractivity contribution in [1.29, 1.82) is 0 Å². The van der Waals surface area contributed by atoms with Gasteiger partial charge in [-0.3, -0.25) is 0 Å². The van der Waals surface area contributed by atoms with Crippen LogP contribution in [0.4, 0.5) is 0 Å². The molecule has 0 spiro atoms. The monoisotopic (exact) mass is 505 g/mol. The van der Waals surface area contributed by atoms with Gasteiger partial charge in [0.25, 0.3) is 0 Å². The van der Waals surface area contributed by atoms with Gasteiger partial charge in [-0.05, 0) is 0 Å². The maximum absolute atomic E-state index is 7.55. The third-order valence-electron chi connectivity index (χ3n) is 6.90. The molecule has 2 aromatic rings. The molecule has 2 aliphatic carbocycles. The number of hydrogen-bond acceptors (Lipinski definition) is 0. The Morgan fingerprint density at radius 3 is 1.96 bits per heavy atom. The van der Waals surface area contributed by atoms with E-state index in [4.69, 9.17) is 17.0 Å². The fraction of sp³-hybridized carbons (Fsp3) is 0.333. The number of rotatable bonds is 7. The minimum absolute atomic E-state index is 0.416. The van der Waals surface area contributed by atoms with Crippen molar-refractivity contribution >= 4 is 35.1 Å².